The van der Waals surface area contributed by atoms with Crippen LogP contribution in [0.3, 0.4) is 0 Å². The number of hydrogen-bond donors (Lipinski definition) is 1. The number of nitrogens with zero attached hydrogens (tertiary/aromatic N) is 1. The third kappa shape index (κ3) is 2.79. The monoisotopic (exact) mass is 280 g/mol. The molecule has 5 nitrogen and oxygen atoms in total. The number of hydrogen-bond acceptors (Lipinski definition) is 5. The molecule has 2 fully saturated rings. The molecule has 2 aliphatic rings. The van der Waals surface area contributed by atoms with Crippen LogP contribution in [-0.2, 0) is 20.9 Å². The summed E-state index contributed by atoms with van der Waals surface area (Å²) in [5.74, 6) is 0.163. The summed E-state index contributed by atoms with van der Waals surface area (Å²) in [5.41, 5.74) is 0. The lowest BCUT2D eigenvalue weighted by molar-refractivity contribution is -0.141. The Bertz CT molecular complexity index is 474. The molecule has 0 bridgehead atoms. The van der Waals surface area contributed by atoms with E-state index in [1.807, 2.05) is 22.4 Å². The summed E-state index contributed by atoms with van der Waals surface area (Å²) < 4.78 is 5.00. The molecule has 1 amide bonds. The van der Waals surface area contributed by atoms with Gasteiger partial charge in [0.05, 0.1) is 25.6 Å². The van der Waals surface area contributed by atoms with Crippen LogP contribution >= 0.6 is 11.3 Å². The number of cyclic esters (lactones) is 1. The molecule has 6 heteroatoms. The van der Waals surface area contributed by atoms with E-state index in [4.69, 9.17) is 4.74 Å². The van der Waals surface area contributed by atoms with Crippen molar-refractivity contribution in [1.82, 2.24) is 10.2 Å². The number of carbonyl (C=O) groups is 2. The highest BCUT2D eigenvalue weighted by Gasteiger charge is 2.44. The van der Waals surface area contributed by atoms with Crippen LogP contribution in [0, 0.1) is 11.8 Å². The molecule has 0 aliphatic carbocycles. The Labute approximate surface area is 115 Å². The van der Waals surface area contributed by atoms with E-state index in [1.54, 1.807) is 11.3 Å². The van der Waals surface area contributed by atoms with Crippen LogP contribution < -0.4 is 5.32 Å². The summed E-state index contributed by atoms with van der Waals surface area (Å²) in [6.07, 6.45) is 0. The molecule has 0 spiro atoms. The van der Waals surface area contributed by atoms with Gasteiger partial charge in [0.25, 0.3) is 0 Å². The summed E-state index contributed by atoms with van der Waals surface area (Å²) in [4.78, 5) is 26.4. The number of likely N-dealkylation sites (tertiary alicyclic amines) is 1. The molecule has 2 aliphatic heterocycles. The second kappa shape index (κ2) is 5.30. The van der Waals surface area contributed by atoms with Gasteiger partial charge >= 0.3 is 5.97 Å². The van der Waals surface area contributed by atoms with Crippen molar-refractivity contribution in [2.24, 2.45) is 11.8 Å². The van der Waals surface area contributed by atoms with Crippen LogP contribution in [0.1, 0.15) is 4.88 Å². The number of thiophene rings is 1. The summed E-state index contributed by atoms with van der Waals surface area (Å²) >= 11 is 1.63. The maximum absolute atomic E-state index is 11.8. The largest absolute Gasteiger partial charge is 0.465 e. The minimum atomic E-state index is -0.105. The summed E-state index contributed by atoms with van der Waals surface area (Å²) in [5, 5.41) is 4.90. The number of ether oxygens (including phenoxy) is 1. The Hall–Kier alpha value is -1.40. The number of esters is 1. The third-order valence-corrected chi connectivity index (χ3v) is 4.54. The molecule has 0 radical (unpaired) electrons. The molecule has 2 atom stereocenters. The molecular formula is C13H16N2O3S. The van der Waals surface area contributed by atoms with Gasteiger partial charge < -0.3 is 10.1 Å². The van der Waals surface area contributed by atoms with Crippen molar-refractivity contribution in [2.75, 3.05) is 26.2 Å². The van der Waals surface area contributed by atoms with Crippen molar-refractivity contribution in [3.8, 4) is 0 Å². The van der Waals surface area contributed by atoms with E-state index >= 15 is 0 Å². The lowest BCUT2D eigenvalue weighted by atomic mass is 10.0. The SMILES string of the molecule is O=C(CN1C[C@@H]2COC(=O)[C@@H]2C1)NCc1cccs1. The first-order valence-electron chi connectivity index (χ1n) is 6.40. The summed E-state index contributed by atoms with van der Waals surface area (Å²) in [7, 11) is 0. The first kappa shape index (κ1) is 12.6. The molecule has 1 N–H and O–H groups in total. The van der Waals surface area contributed by atoms with Crippen molar-refractivity contribution in [3.63, 3.8) is 0 Å². The molecule has 1 aromatic rings. The van der Waals surface area contributed by atoms with Gasteiger partial charge in [0, 0.05) is 23.9 Å². The van der Waals surface area contributed by atoms with Crippen LogP contribution in [0.5, 0.6) is 0 Å². The van der Waals surface area contributed by atoms with E-state index in [0.29, 0.717) is 26.2 Å². The smallest absolute Gasteiger partial charge is 0.310 e. The fourth-order valence-electron chi connectivity index (χ4n) is 2.68. The van der Waals surface area contributed by atoms with E-state index in [2.05, 4.69) is 5.32 Å². The third-order valence-electron chi connectivity index (χ3n) is 3.67. The van der Waals surface area contributed by atoms with Crippen LogP contribution in [0.2, 0.25) is 0 Å². The minimum Gasteiger partial charge on any atom is -0.465 e. The quantitative estimate of drug-likeness (QED) is 0.815. The van der Waals surface area contributed by atoms with Crippen molar-refractivity contribution < 1.29 is 14.3 Å². The standard InChI is InChI=1S/C13H16N2O3S/c16-12(14-4-10-2-1-3-19-10)7-15-5-9-8-18-13(17)11(9)6-15/h1-3,9,11H,4-8H2,(H,14,16)/t9-,11-/m1/s1. The predicted molar refractivity (Wildman–Crippen MR) is 70.5 cm³/mol. The molecule has 0 aromatic carbocycles. The number of nitrogens with one attached hydrogen (secondary N) is 1. The van der Waals surface area contributed by atoms with E-state index in [9.17, 15) is 9.59 Å². The lowest BCUT2D eigenvalue weighted by Gasteiger charge is -2.15. The zero-order chi connectivity index (χ0) is 13.2. The van der Waals surface area contributed by atoms with E-state index < -0.39 is 0 Å². The van der Waals surface area contributed by atoms with Gasteiger partial charge in [-0.25, -0.2) is 0 Å². The van der Waals surface area contributed by atoms with Gasteiger partial charge in [-0.1, -0.05) is 6.07 Å². The van der Waals surface area contributed by atoms with Crippen molar-refractivity contribution in [1.29, 1.82) is 0 Å². The zero-order valence-electron chi connectivity index (χ0n) is 10.5. The van der Waals surface area contributed by atoms with E-state index in [-0.39, 0.29) is 23.7 Å². The Morgan fingerprint density at radius 2 is 2.42 bits per heavy atom. The summed E-state index contributed by atoms with van der Waals surface area (Å²) in [6, 6.07) is 3.97. The number of fused-ring (bicyclic) bond motifs is 1. The lowest BCUT2D eigenvalue weighted by Crippen LogP contribution is -2.36. The van der Waals surface area contributed by atoms with E-state index in [0.717, 1.165) is 11.4 Å². The Morgan fingerprint density at radius 1 is 1.53 bits per heavy atom. The number of amides is 1. The molecule has 1 aromatic heterocycles. The predicted octanol–water partition coefficient (Wildman–Crippen LogP) is 0.469. The second-order valence-corrected chi connectivity index (χ2v) is 6.08. The highest BCUT2D eigenvalue weighted by Crippen LogP contribution is 2.29. The van der Waals surface area contributed by atoms with E-state index in [1.165, 1.54) is 0 Å². The first-order valence-corrected chi connectivity index (χ1v) is 7.28. The normalized spacial score (nSPS) is 26.2. The Morgan fingerprint density at radius 3 is 3.16 bits per heavy atom. The second-order valence-electron chi connectivity index (χ2n) is 5.05. The number of carbonyl (C=O) groups excluding carboxylic acids is 2. The molecule has 3 heterocycles. The first-order chi connectivity index (χ1) is 9.22. The molecule has 0 saturated carbocycles. The van der Waals surface area contributed by atoms with Crippen LogP contribution in [0.15, 0.2) is 17.5 Å². The zero-order valence-corrected chi connectivity index (χ0v) is 11.3. The van der Waals surface area contributed by atoms with Crippen LogP contribution in [0.4, 0.5) is 0 Å². The average molecular weight is 280 g/mol. The molecule has 2 saturated heterocycles. The van der Waals surface area contributed by atoms with Gasteiger partial charge in [0.1, 0.15) is 0 Å². The number of rotatable bonds is 4. The van der Waals surface area contributed by atoms with Gasteiger partial charge in [-0.15, -0.1) is 11.3 Å². The topological polar surface area (TPSA) is 58.6 Å². The fraction of sp³-hybridized carbons (Fsp3) is 0.538. The van der Waals surface area contributed by atoms with Gasteiger partial charge in [-0.3, -0.25) is 14.5 Å². The van der Waals surface area contributed by atoms with Crippen molar-refractivity contribution in [3.05, 3.63) is 22.4 Å². The van der Waals surface area contributed by atoms with Crippen molar-refractivity contribution in [2.45, 2.75) is 6.54 Å². The Balaban J connectivity index is 1.45. The van der Waals surface area contributed by atoms with Crippen LogP contribution in [-0.4, -0.2) is 43.0 Å². The van der Waals surface area contributed by atoms with Gasteiger partial charge in [-0.05, 0) is 11.4 Å². The molecule has 102 valence electrons. The summed E-state index contributed by atoms with van der Waals surface area (Å²) in [6.45, 7) is 2.89. The molecule has 19 heavy (non-hydrogen) atoms. The highest BCUT2D eigenvalue weighted by atomic mass is 32.1. The molecular weight excluding hydrogens is 264 g/mol. The average Bonchev–Trinajstić information content (AvgIpc) is 3.07. The van der Waals surface area contributed by atoms with Gasteiger partial charge in [0.15, 0.2) is 0 Å². The Kier molecular flexibility index (Phi) is 3.52. The minimum absolute atomic E-state index is 0.0155. The maximum Gasteiger partial charge on any atom is 0.310 e. The highest BCUT2D eigenvalue weighted by molar-refractivity contribution is 7.09. The van der Waals surface area contributed by atoms with Crippen molar-refractivity contribution >= 4 is 23.2 Å². The van der Waals surface area contributed by atoms with Gasteiger partial charge in [0.2, 0.25) is 5.91 Å². The molecule has 0 unspecified atom stereocenters. The fourth-order valence-corrected chi connectivity index (χ4v) is 3.32. The van der Waals surface area contributed by atoms with Crippen LogP contribution in [0.25, 0.3) is 0 Å². The molecule has 3 rings (SSSR count). The maximum atomic E-state index is 11.8. The van der Waals surface area contributed by atoms with Gasteiger partial charge in [-0.2, -0.15) is 0 Å².